The molecule has 0 saturated carbocycles. The highest BCUT2D eigenvalue weighted by atomic mass is 79.9. The summed E-state index contributed by atoms with van der Waals surface area (Å²) in [7, 11) is -3.54. The maximum atomic E-state index is 12.5. The van der Waals surface area contributed by atoms with E-state index < -0.39 is 9.84 Å². The Balaban J connectivity index is 2.27. The van der Waals surface area contributed by atoms with Gasteiger partial charge in [-0.3, -0.25) is 0 Å². The van der Waals surface area contributed by atoms with Crippen LogP contribution in [-0.2, 0) is 16.4 Å². The molecule has 124 valence electrons. The summed E-state index contributed by atoms with van der Waals surface area (Å²) in [5.74, 6) is -0.155. The topological polar surface area (TPSA) is 78.0 Å². The van der Waals surface area contributed by atoms with Crippen LogP contribution in [0, 0.1) is 0 Å². The lowest BCUT2D eigenvalue weighted by Crippen LogP contribution is -2.07. The van der Waals surface area contributed by atoms with Crippen molar-refractivity contribution in [2.24, 2.45) is 5.73 Å². The molecule has 0 fully saturated rings. The summed E-state index contributed by atoms with van der Waals surface area (Å²) in [5.41, 5.74) is 8.12. The molecule has 0 radical (unpaired) electrons. The SMILES string of the molecule is C=CCS(=O)(=O)c1nn(-c2ccc(CN)cc2)c2ccc(Br)cc12. The smallest absolute Gasteiger partial charge is 0.201 e. The van der Waals surface area contributed by atoms with Crippen LogP contribution < -0.4 is 5.73 Å². The maximum absolute atomic E-state index is 12.5. The first-order valence-electron chi connectivity index (χ1n) is 7.27. The number of rotatable bonds is 5. The summed E-state index contributed by atoms with van der Waals surface area (Å²) >= 11 is 3.39. The molecular weight excluding hydrogens is 390 g/mol. The molecule has 5 nitrogen and oxygen atoms in total. The molecule has 0 aliphatic rings. The highest BCUT2D eigenvalue weighted by Gasteiger charge is 2.23. The highest BCUT2D eigenvalue weighted by molar-refractivity contribution is 9.10. The van der Waals surface area contributed by atoms with Crippen LogP contribution in [0.1, 0.15) is 5.56 Å². The van der Waals surface area contributed by atoms with E-state index in [-0.39, 0.29) is 10.8 Å². The third-order valence-corrected chi connectivity index (χ3v) is 5.72. The fourth-order valence-corrected chi connectivity index (χ4v) is 4.03. The van der Waals surface area contributed by atoms with E-state index in [4.69, 9.17) is 5.73 Å². The van der Waals surface area contributed by atoms with Gasteiger partial charge in [0.1, 0.15) is 0 Å². The minimum atomic E-state index is -3.54. The highest BCUT2D eigenvalue weighted by Crippen LogP contribution is 2.29. The molecule has 2 N–H and O–H groups in total. The van der Waals surface area contributed by atoms with E-state index in [1.807, 2.05) is 36.4 Å². The molecule has 0 bridgehead atoms. The van der Waals surface area contributed by atoms with Crippen LogP contribution in [0.3, 0.4) is 0 Å². The van der Waals surface area contributed by atoms with Crippen LogP contribution in [0.25, 0.3) is 16.6 Å². The van der Waals surface area contributed by atoms with Gasteiger partial charge >= 0.3 is 0 Å². The minimum Gasteiger partial charge on any atom is -0.326 e. The third-order valence-electron chi connectivity index (χ3n) is 3.66. The second-order valence-electron chi connectivity index (χ2n) is 5.32. The molecule has 0 aliphatic heterocycles. The fourth-order valence-electron chi connectivity index (χ4n) is 2.50. The van der Waals surface area contributed by atoms with Gasteiger partial charge in [-0.1, -0.05) is 34.1 Å². The minimum absolute atomic E-state index is 0.0570. The number of nitrogens with two attached hydrogens (primary N) is 1. The molecule has 0 unspecified atom stereocenters. The van der Waals surface area contributed by atoms with Crippen molar-refractivity contribution in [1.82, 2.24) is 9.78 Å². The first kappa shape index (κ1) is 16.9. The van der Waals surface area contributed by atoms with E-state index in [1.165, 1.54) is 6.08 Å². The average molecular weight is 406 g/mol. The summed E-state index contributed by atoms with van der Waals surface area (Å²) in [5, 5.41) is 5.01. The Labute approximate surface area is 148 Å². The van der Waals surface area contributed by atoms with Crippen molar-refractivity contribution in [3.05, 3.63) is 65.2 Å². The van der Waals surface area contributed by atoms with E-state index in [0.29, 0.717) is 11.9 Å². The van der Waals surface area contributed by atoms with E-state index in [2.05, 4.69) is 27.6 Å². The number of nitrogens with zero attached hydrogens (tertiary/aromatic N) is 2. The van der Waals surface area contributed by atoms with Gasteiger partial charge in [0.2, 0.25) is 9.84 Å². The van der Waals surface area contributed by atoms with Gasteiger partial charge in [-0.25, -0.2) is 13.1 Å². The second-order valence-corrected chi connectivity index (χ2v) is 8.18. The first-order chi connectivity index (χ1) is 11.5. The molecule has 3 rings (SSSR count). The lowest BCUT2D eigenvalue weighted by atomic mass is 10.2. The predicted octanol–water partition coefficient (Wildman–Crippen LogP) is 3.21. The van der Waals surface area contributed by atoms with E-state index in [9.17, 15) is 8.42 Å². The van der Waals surface area contributed by atoms with Crippen LogP contribution in [0.15, 0.2) is 64.6 Å². The second kappa shape index (κ2) is 6.51. The Morgan fingerprint density at radius 1 is 1.21 bits per heavy atom. The van der Waals surface area contributed by atoms with Gasteiger partial charge in [-0.2, -0.15) is 5.10 Å². The van der Waals surface area contributed by atoms with Crippen LogP contribution in [-0.4, -0.2) is 24.0 Å². The summed E-state index contributed by atoms with van der Waals surface area (Å²) in [6.45, 7) is 3.97. The van der Waals surface area contributed by atoms with Crippen LogP contribution in [0.4, 0.5) is 0 Å². The molecule has 0 saturated heterocycles. The van der Waals surface area contributed by atoms with Gasteiger partial charge in [0.15, 0.2) is 5.03 Å². The Morgan fingerprint density at radius 3 is 2.54 bits per heavy atom. The average Bonchev–Trinajstić information content (AvgIpc) is 2.94. The number of fused-ring (bicyclic) bond motifs is 1. The molecule has 3 aromatic rings. The van der Waals surface area contributed by atoms with Crippen molar-refractivity contribution in [2.75, 3.05) is 5.75 Å². The Kier molecular flexibility index (Phi) is 4.58. The van der Waals surface area contributed by atoms with Gasteiger partial charge in [-0.05, 0) is 35.9 Å². The number of hydrogen-bond donors (Lipinski definition) is 1. The van der Waals surface area contributed by atoms with Crippen molar-refractivity contribution in [1.29, 1.82) is 0 Å². The predicted molar refractivity (Wildman–Crippen MR) is 98.9 cm³/mol. The zero-order valence-corrected chi connectivity index (χ0v) is 15.2. The Hall–Kier alpha value is -1.96. The summed E-state index contributed by atoms with van der Waals surface area (Å²) in [6.07, 6.45) is 1.37. The lowest BCUT2D eigenvalue weighted by molar-refractivity contribution is 0.594. The molecule has 0 amide bonds. The van der Waals surface area contributed by atoms with Crippen molar-refractivity contribution in [2.45, 2.75) is 11.6 Å². The van der Waals surface area contributed by atoms with E-state index >= 15 is 0 Å². The molecule has 2 aromatic carbocycles. The monoisotopic (exact) mass is 405 g/mol. The van der Waals surface area contributed by atoms with Crippen molar-refractivity contribution < 1.29 is 8.42 Å². The van der Waals surface area contributed by atoms with Gasteiger partial charge < -0.3 is 5.73 Å². The fraction of sp³-hybridized carbons (Fsp3) is 0.118. The van der Waals surface area contributed by atoms with Crippen molar-refractivity contribution >= 4 is 36.7 Å². The molecule has 7 heteroatoms. The molecule has 0 atom stereocenters. The standard InChI is InChI=1S/C17H16BrN3O2S/c1-2-9-24(22,23)17-15-10-13(18)5-8-16(15)21(20-17)14-6-3-12(11-19)4-7-14/h2-8,10H,1,9,11,19H2. The number of halogens is 1. The van der Waals surface area contributed by atoms with Gasteiger partial charge in [0, 0.05) is 16.4 Å². The summed E-state index contributed by atoms with van der Waals surface area (Å²) in [4.78, 5) is 0. The maximum Gasteiger partial charge on any atom is 0.201 e. The van der Waals surface area contributed by atoms with Gasteiger partial charge in [0.05, 0.1) is 17.0 Å². The zero-order valence-electron chi connectivity index (χ0n) is 12.8. The Morgan fingerprint density at radius 2 is 1.92 bits per heavy atom. The normalized spacial score (nSPS) is 11.8. The van der Waals surface area contributed by atoms with Crippen molar-refractivity contribution in [3.8, 4) is 5.69 Å². The van der Waals surface area contributed by atoms with E-state index in [1.54, 1.807) is 10.7 Å². The largest absolute Gasteiger partial charge is 0.326 e. The zero-order chi connectivity index (χ0) is 17.3. The lowest BCUT2D eigenvalue weighted by Gasteiger charge is -2.04. The molecule has 1 aromatic heterocycles. The number of aromatic nitrogens is 2. The number of sulfone groups is 1. The van der Waals surface area contributed by atoms with E-state index in [0.717, 1.165) is 21.2 Å². The van der Waals surface area contributed by atoms with Crippen LogP contribution in [0.2, 0.25) is 0 Å². The molecular formula is C17H16BrN3O2S. The third kappa shape index (κ3) is 3.02. The van der Waals surface area contributed by atoms with Crippen LogP contribution in [0.5, 0.6) is 0 Å². The summed E-state index contributed by atoms with van der Waals surface area (Å²) in [6, 6.07) is 13.0. The quantitative estimate of drug-likeness (QED) is 0.660. The van der Waals surface area contributed by atoms with Crippen molar-refractivity contribution in [3.63, 3.8) is 0 Å². The van der Waals surface area contributed by atoms with Crippen LogP contribution >= 0.6 is 15.9 Å². The molecule has 0 aliphatic carbocycles. The van der Waals surface area contributed by atoms with Gasteiger partial charge in [-0.15, -0.1) is 6.58 Å². The molecule has 1 heterocycles. The number of benzene rings is 2. The summed E-state index contributed by atoms with van der Waals surface area (Å²) < 4.78 is 27.5. The molecule has 0 spiro atoms. The Bertz CT molecular complexity index is 1010. The first-order valence-corrected chi connectivity index (χ1v) is 9.72. The van der Waals surface area contributed by atoms with Gasteiger partial charge in [0.25, 0.3) is 0 Å². The molecule has 24 heavy (non-hydrogen) atoms. The number of hydrogen-bond acceptors (Lipinski definition) is 4.